The molecule has 4 heteroatoms. The summed E-state index contributed by atoms with van der Waals surface area (Å²) in [5.74, 6) is -1.47. The number of hydrogen-bond acceptors (Lipinski definition) is 2. The van der Waals surface area contributed by atoms with Crippen LogP contribution in [0.2, 0.25) is 0 Å². The second-order valence-corrected chi connectivity index (χ2v) is 7.39. The first-order chi connectivity index (χ1) is 13.1. The Balaban J connectivity index is 1.93. The van der Waals surface area contributed by atoms with Crippen LogP contribution in [0.1, 0.15) is 107 Å². The van der Waals surface area contributed by atoms with Crippen molar-refractivity contribution in [2.75, 3.05) is 6.61 Å². The Bertz CT molecular complexity index is 516. The number of carboxylic acids is 1. The second-order valence-electron chi connectivity index (χ2n) is 7.39. The third-order valence-corrected chi connectivity index (χ3v) is 4.93. The van der Waals surface area contributed by atoms with E-state index in [2.05, 4.69) is 6.92 Å². The largest absolute Gasteiger partial charge is 0.493 e. The molecule has 0 fully saturated rings. The van der Waals surface area contributed by atoms with E-state index in [-0.39, 0.29) is 11.3 Å². The molecule has 0 spiro atoms. The maximum Gasteiger partial charge on any atom is 0.339 e. The molecule has 0 atom stereocenters. The molecular weight excluding hydrogens is 343 g/mol. The van der Waals surface area contributed by atoms with Crippen LogP contribution in [0, 0.1) is 5.82 Å². The lowest BCUT2D eigenvalue weighted by atomic mass is 10.0. The Morgan fingerprint density at radius 1 is 0.852 bits per heavy atom. The Labute approximate surface area is 164 Å². The van der Waals surface area contributed by atoms with Gasteiger partial charge in [-0.2, -0.15) is 0 Å². The van der Waals surface area contributed by atoms with Crippen molar-refractivity contribution in [1.82, 2.24) is 0 Å². The van der Waals surface area contributed by atoms with Crippen molar-refractivity contribution >= 4 is 5.97 Å². The third kappa shape index (κ3) is 11.7. The molecule has 0 saturated carbocycles. The van der Waals surface area contributed by atoms with E-state index in [1.54, 1.807) is 0 Å². The van der Waals surface area contributed by atoms with Crippen LogP contribution in [-0.4, -0.2) is 17.7 Å². The van der Waals surface area contributed by atoms with Crippen LogP contribution in [0.15, 0.2) is 18.2 Å². The van der Waals surface area contributed by atoms with E-state index in [0.717, 1.165) is 18.9 Å². The summed E-state index contributed by atoms with van der Waals surface area (Å²) >= 11 is 0. The highest BCUT2D eigenvalue weighted by atomic mass is 19.1. The first kappa shape index (κ1) is 23.5. The van der Waals surface area contributed by atoms with Gasteiger partial charge in [0.05, 0.1) is 6.61 Å². The normalized spacial score (nSPS) is 10.9. The maximum absolute atomic E-state index is 13.1. The Hall–Kier alpha value is -1.58. The molecule has 0 bridgehead atoms. The highest BCUT2D eigenvalue weighted by Crippen LogP contribution is 2.20. The number of unbranched alkanes of at least 4 members (excludes halogenated alkanes) is 13. The van der Waals surface area contributed by atoms with E-state index in [9.17, 15) is 9.18 Å². The predicted molar refractivity (Wildman–Crippen MR) is 109 cm³/mol. The number of halogens is 1. The van der Waals surface area contributed by atoms with Crippen LogP contribution in [0.4, 0.5) is 4.39 Å². The van der Waals surface area contributed by atoms with Crippen LogP contribution >= 0.6 is 0 Å². The van der Waals surface area contributed by atoms with Gasteiger partial charge in [-0.25, -0.2) is 9.18 Å². The minimum Gasteiger partial charge on any atom is -0.493 e. The number of hydrogen-bond donors (Lipinski definition) is 1. The molecule has 0 aliphatic heterocycles. The zero-order valence-electron chi connectivity index (χ0n) is 17.0. The van der Waals surface area contributed by atoms with Gasteiger partial charge in [0.15, 0.2) is 0 Å². The minimum absolute atomic E-state index is 0.111. The second kappa shape index (κ2) is 15.5. The molecule has 0 heterocycles. The Morgan fingerprint density at radius 3 is 1.81 bits per heavy atom. The Morgan fingerprint density at radius 2 is 1.33 bits per heavy atom. The van der Waals surface area contributed by atoms with Crippen molar-refractivity contribution in [3.63, 3.8) is 0 Å². The van der Waals surface area contributed by atoms with E-state index < -0.39 is 11.8 Å². The summed E-state index contributed by atoms with van der Waals surface area (Å²) in [4.78, 5) is 11.1. The van der Waals surface area contributed by atoms with Crippen molar-refractivity contribution in [3.8, 4) is 5.75 Å². The van der Waals surface area contributed by atoms with Crippen molar-refractivity contribution in [3.05, 3.63) is 29.6 Å². The number of benzene rings is 1. The van der Waals surface area contributed by atoms with Gasteiger partial charge in [-0.3, -0.25) is 0 Å². The SMILES string of the molecule is CCCCCCCCCCCCCCCCOc1ccc(F)cc1C(=O)O. The molecule has 0 amide bonds. The van der Waals surface area contributed by atoms with Crippen LogP contribution in [-0.2, 0) is 0 Å². The Kier molecular flexibility index (Phi) is 13.4. The summed E-state index contributed by atoms with van der Waals surface area (Å²) in [6.45, 7) is 2.73. The summed E-state index contributed by atoms with van der Waals surface area (Å²) < 4.78 is 18.6. The lowest BCUT2D eigenvalue weighted by Crippen LogP contribution is -2.05. The minimum atomic E-state index is -1.16. The van der Waals surface area contributed by atoms with E-state index >= 15 is 0 Å². The van der Waals surface area contributed by atoms with Gasteiger partial charge in [-0.15, -0.1) is 0 Å². The van der Waals surface area contributed by atoms with E-state index in [4.69, 9.17) is 9.84 Å². The fourth-order valence-electron chi connectivity index (χ4n) is 3.27. The van der Waals surface area contributed by atoms with Gasteiger partial charge in [0.2, 0.25) is 0 Å². The van der Waals surface area contributed by atoms with Gasteiger partial charge in [0.1, 0.15) is 17.1 Å². The van der Waals surface area contributed by atoms with Crippen molar-refractivity contribution in [2.45, 2.75) is 96.8 Å². The molecule has 1 rings (SSSR count). The molecule has 1 N–H and O–H groups in total. The van der Waals surface area contributed by atoms with Crippen LogP contribution in [0.25, 0.3) is 0 Å². The van der Waals surface area contributed by atoms with Gasteiger partial charge in [0.25, 0.3) is 0 Å². The monoisotopic (exact) mass is 380 g/mol. The van der Waals surface area contributed by atoms with Crippen molar-refractivity contribution in [1.29, 1.82) is 0 Å². The highest BCUT2D eigenvalue weighted by molar-refractivity contribution is 5.90. The average Bonchev–Trinajstić information content (AvgIpc) is 2.65. The molecule has 27 heavy (non-hydrogen) atoms. The highest BCUT2D eigenvalue weighted by Gasteiger charge is 2.12. The molecule has 0 aliphatic rings. The lowest BCUT2D eigenvalue weighted by molar-refractivity contribution is 0.0691. The summed E-state index contributed by atoms with van der Waals surface area (Å²) in [6.07, 6.45) is 18.1. The van der Waals surface area contributed by atoms with Gasteiger partial charge < -0.3 is 9.84 Å². The first-order valence-corrected chi connectivity index (χ1v) is 10.8. The zero-order chi connectivity index (χ0) is 19.7. The molecule has 154 valence electrons. The van der Waals surface area contributed by atoms with E-state index in [1.165, 1.54) is 89.2 Å². The summed E-state index contributed by atoms with van der Waals surface area (Å²) in [5.41, 5.74) is -0.111. The van der Waals surface area contributed by atoms with Gasteiger partial charge >= 0.3 is 5.97 Å². The average molecular weight is 381 g/mol. The standard InChI is InChI=1S/C23H37FO3/c1-2-3-4-5-6-7-8-9-10-11-12-13-14-15-18-27-22-17-16-20(24)19-21(22)23(25)26/h16-17,19H,2-15,18H2,1H3,(H,25,26). The summed E-state index contributed by atoms with van der Waals surface area (Å²) in [7, 11) is 0. The molecule has 0 radical (unpaired) electrons. The fraction of sp³-hybridized carbons (Fsp3) is 0.696. The quantitative estimate of drug-likeness (QED) is 0.287. The molecule has 1 aromatic rings. The van der Waals surface area contributed by atoms with Crippen molar-refractivity contribution in [2.24, 2.45) is 0 Å². The lowest BCUT2D eigenvalue weighted by Gasteiger charge is -2.09. The maximum atomic E-state index is 13.1. The van der Waals surface area contributed by atoms with Crippen LogP contribution in [0.5, 0.6) is 5.75 Å². The number of rotatable bonds is 17. The third-order valence-electron chi connectivity index (χ3n) is 4.93. The van der Waals surface area contributed by atoms with Gasteiger partial charge in [-0.1, -0.05) is 90.4 Å². The summed E-state index contributed by atoms with van der Waals surface area (Å²) in [5, 5.41) is 9.07. The number of aromatic carboxylic acids is 1. The fourth-order valence-corrected chi connectivity index (χ4v) is 3.27. The topological polar surface area (TPSA) is 46.5 Å². The van der Waals surface area contributed by atoms with Gasteiger partial charge in [-0.05, 0) is 24.6 Å². The predicted octanol–water partition coefficient (Wildman–Crippen LogP) is 7.38. The van der Waals surface area contributed by atoms with Crippen molar-refractivity contribution < 1.29 is 19.0 Å². The molecule has 3 nitrogen and oxygen atoms in total. The molecule has 0 aliphatic carbocycles. The number of carboxylic acid groups (broad SMARTS) is 1. The van der Waals surface area contributed by atoms with Crippen LogP contribution < -0.4 is 4.74 Å². The molecular formula is C23H37FO3. The summed E-state index contributed by atoms with van der Waals surface area (Å²) in [6, 6.07) is 3.62. The smallest absolute Gasteiger partial charge is 0.339 e. The van der Waals surface area contributed by atoms with E-state index in [0.29, 0.717) is 6.61 Å². The first-order valence-electron chi connectivity index (χ1n) is 10.8. The molecule has 0 aromatic heterocycles. The molecule has 0 saturated heterocycles. The van der Waals surface area contributed by atoms with E-state index in [1.807, 2.05) is 0 Å². The van der Waals surface area contributed by atoms with Crippen LogP contribution in [0.3, 0.4) is 0 Å². The number of ether oxygens (including phenoxy) is 1. The molecule has 0 unspecified atom stereocenters. The molecule has 1 aromatic carbocycles. The van der Waals surface area contributed by atoms with Gasteiger partial charge in [0, 0.05) is 0 Å². The number of carbonyl (C=O) groups is 1. The zero-order valence-corrected chi connectivity index (χ0v) is 17.0.